The Bertz CT molecular complexity index is 783. The number of nitrogens with one attached hydrogen (secondary N) is 1. The first-order chi connectivity index (χ1) is 13.2. The second-order valence-corrected chi connectivity index (χ2v) is 6.23. The lowest BCUT2D eigenvalue weighted by Crippen LogP contribution is -2.37. The van der Waals surface area contributed by atoms with Crippen LogP contribution in [0.5, 0.6) is 11.5 Å². The molecule has 0 spiro atoms. The monoisotopic (exact) mass is 402 g/mol. The number of hydrogen-bond acceptors (Lipinski definition) is 6. The molecule has 0 bridgehead atoms. The number of alkyl halides is 3. The van der Waals surface area contributed by atoms with E-state index >= 15 is 0 Å². The summed E-state index contributed by atoms with van der Waals surface area (Å²) in [7, 11) is 0. The smallest absolute Gasteiger partial charge is 0.405 e. The second-order valence-electron chi connectivity index (χ2n) is 6.23. The summed E-state index contributed by atoms with van der Waals surface area (Å²) in [6.07, 6.45) is -4.68. The van der Waals surface area contributed by atoms with E-state index in [1.165, 1.54) is 4.90 Å². The van der Waals surface area contributed by atoms with Crippen LogP contribution in [0.2, 0.25) is 0 Å². The van der Waals surface area contributed by atoms with Crippen molar-refractivity contribution in [3.8, 4) is 11.5 Å². The molecule has 2 aliphatic heterocycles. The standard InChI is InChI=1S/C17H17F3N2O6/c18-17(19,20)9-21-14(23)8-28-16(25)10-5-15(24)22(7-10)11-1-2-12-13(6-11)27-4-3-26-12/h1-2,6,10H,3-5,7-9H2,(H,21,23)/t10-/m0/s1. The Kier molecular flexibility index (Phi) is 5.61. The van der Waals surface area contributed by atoms with E-state index in [9.17, 15) is 27.6 Å². The summed E-state index contributed by atoms with van der Waals surface area (Å²) in [5.41, 5.74) is 0.521. The number of fused-ring (bicyclic) bond motifs is 1. The highest BCUT2D eigenvalue weighted by molar-refractivity contribution is 5.99. The quantitative estimate of drug-likeness (QED) is 0.740. The zero-order valence-corrected chi connectivity index (χ0v) is 14.6. The van der Waals surface area contributed by atoms with Crippen molar-refractivity contribution in [1.29, 1.82) is 0 Å². The first-order valence-electron chi connectivity index (χ1n) is 8.43. The third-order valence-corrected chi connectivity index (χ3v) is 4.13. The van der Waals surface area contributed by atoms with E-state index in [-0.39, 0.29) is 18.9 Å². The van der Waals surface area contributed by atoms with E-state index in [4.69, 9.17) is 14.2 Å². The lowest BCUT2D eigenvalue weighted by atomic mass is 10.1. The van der Waals surface area contributed by atoms with Gasteiger partial charge in [-0.05, 0) is 12.1 Å². The number of halogens is 3. The fourth-order valence-electron chi connectivity index (χ4n) is 2.82. The molecule has 152 valence electrons. The number of rotatable bonds is 5. The fourth-order valence-corrected chi connectivity index (χ4v) is 2.82. The summed E-state index contributed by atoms with van der Waals surface area (Å²) in [5.74, 6) is -1.99. The summed E-state index contributed by atoms with van der Waals surface area (Å²) >= 11 is 0. The number of hydrogen-bond donors (Lipinski definition) is 1. The summed E-state index contributed by atoms with van der Waals surface area (Å²) in [6, 6.07) is 4.95. The molecule has 8 nitrogen and oxygen atoms in total. The molecule has 2 amide bonds. The van der Waals surface area contributed by atoms with Crippen LogP contribution in [0.1, 0.15) is 6.42 Å². The van der Waals surface area contributed by atoms with E-state index < -0.39 is 37.1 Å². The zero-order valence-electron chi connectivity index (χ0n) is 14.6. The number of carbonyl (C=O) groups excluding carboxylic acids is 3. The molecule has 11 heteroatoms. The van der Waals surface area contributed by atoms with Crippen molar-refractivity contribution in [2.75, 3.05) is 37.8 Å². The highest BCUT2D eigenvalue weighted by Crippen LogP contribution is 2.36. The molecule has 1 N–H and O–H groups in total. The fraction of sp³-hybridized carbons (Fsp3) is 0.471. The maximum atomic E-state index is 12.3. The number of amides is 2. The Morgan fingerprint density at radius 2 is 1.93 bits per heavy atom. The van der Waals surface area contributed by atoms with Crippen molar-refractivity contribution in [3.63, 3.8) is 0 Å². The van der Waals surface area contributed by atoms with Crippen LogP contribution in [-0.4, -0.2) is 56.9 Å². The van der Waals surface area contributed by atoms with Gasteiger partial charge < -0.3 is 24.4 Å². The van der Waals surface area contributed by atoms with Gasteiger partial charge in [0.15, 0.2) is 18.1 Å². The summed E-state index contributed by atoms with van der Waals surface area (Å²) in [4.78, 5) is 37.0. The summed E-state index contributed by atoms with van der Waals surface area (Å²) in [5, 5.41) is 1.60. The van der Waals surface area contributed by atoms with Crippen LogP contribution in [0.15, 0.2) is 18.2 Å². The van der Waals surface area contributed by atoms with Crippen LogP contribution in [0, 0.1) is 5.92 Å². The van der Waals surface area contributed by atoms with Crippen LogP contribution in [0.25, 0.3) is 0 Å². The van der Waals surface area contributed by atoms with Crippen molar-refractivity contribution in [2.45, 2.75) is 12.6 Å². The van der Waals surface area contributed by atoms with Crippen molar-refractivity contribution in [2.24, 2.45) is 5.92 Å². The Labute approximate surface area is 157 Å². The van der Waals surface area contributed by atoms with Gasteiger partial charge in [-0.3, -0.25) is 14.4 Å². The topological polar surface area (TPSA) is 94.2 Å². The third-order valence-electron chi connectivity index (χ3n) is 4.13. The van der Waals surface area contributed by atoms with Crippen molar-refractivity contribution < 1.29 is 41.8 Å². The van der Waals surface area contributed by atoms with E-state index in [1.54, 1.807) is 23.5 Å². The lowest BCUT2D eigenvalue weighted by Gasteiger charge is -2.22. The first-order valence-corrected chi connectivity index (χ1v) is 8.43. The van der Waals surface area contributed by atoms with Gasteiger partial charge in [-0.2, -0.15) is 13.2 Å². The van der Waals surface area contributed by atoms with Gasteiger partial charge in [0.2, 0.25) is 5.91 Å². The molecule has 28 heavy (non-hydrogen) atoms. The van der Waals surface area contributed by atoms with Gasteiger partial charge in [0.25, 0.3) is 5.91 Å². The number of esters is 1. The molecule has 2 aliphatic rings. The van der Waals surface area contributed by atoms with Gasteiger partial charge in [-0.1, -0.05) is 0 Å². The highest BCUT2D eigenvalue weighted by atomic mass is 19.4. The normalized spacial score (nSPS) is 18.8. The van der Waals surface area contributed by atoms with Gasteiger partial charge >= 0.3 is 12.1 Å². The highest BCUT2D eigenvalue weighted by Gasteiger charge is 2.37. The van der Waals surface area contributed by atoms with Crippen LogP contribution in [0.3, 0.4) is 0 Å². The number of ether oxygens (including phenoxy) is 3. The molecule has 0 radical (unpaired) electrons. The molecule has 1 fully saturated rings. The molecule has 0 saturated carbocycles. The average Bonchev–Trinajstić information content (AvgIpc) is 3.05. The van der Waals surface area contributed by atoms with Gasteiger partial charge in [-0.15, -0.1) is 0 Å². The average molecular weight is 402 g/mol. The molecule has 0 unspecified atom stereocenters. The Morgan fingerprint density at radius 1 is 1.21 bits per heavy atom. The van der Waals surface area contributed by atoms with E-state index in [0.29, 0.717) is 30.4 Å². The maximum absolute atomic E-state index is 12.3. The molecular formula is C17H17F3N2O6. The minimum Gasteiger partial charge on any atom is -0.486 e. The van der Waals surface area contributed by atoms with Crippen LogP contribution < -0.4 is 19.7 Å². The number of carbonyl (C=O) groups is 3. The Balaban J connectivity index is 1.54. The van der Waals surface area contributed by atoms with Crippen molar-refractivity contribution >= 4 is 23.5 Å². The van der Waals surface area contributed by atoms with Gasteiger partial charge in [0.1, 0.15) is 19.8 Å². The molecule has 1 saturated heterocycles. The molecule has 0 aliphatic carbocycles. The van der Waals surface area contributed by atoms with Crippen LogP contribution >= 0.6 is 0 Å². The predicted octanol–water partition coefficient (Wildman–Crippen LogP) is 1.03. The van der Waals surface area contributed by atoms with Crippen molar-refractivity contribution in [1.82, 2.24) is 5.32 Å². The van der Waals surface area contributed by atoms with Crippen LogP contribution in [-0.2, 0) is 19.1 Å². The number of anilines is 1. The minimum absolute atomic E-state index is 0.0292. The van der Waals surface area contributed by atoms with E-state index in [0.717, 1.165) is 0 Å². The maximum Gasteiger partial charge on any atom is 0.405 e. The molecular weight excluding hydrogens is 385 g/mol. The van der Waals surface area contributed by atoms with Gasteiger partial charge in [0, 0.05) is 24.7 Å². The zero-order chi connectivity index (χ0) is 20.3. The SMILES string of the molecule is O=C(COC(=O)[C@H]1CC(=O)N(c2ccc3c(c2)OCCO3)C1)NCC(F)(F)F. The Morgan fingerprint density at radius 3 is 2.64 bits per heavy atom. The second kappa shape index (κ2) is 7.95. The van der Waals surface area contributed by atoms with Crippen molar-refractivity contribution in [3.05, 3.63) is 18.2 Å². The molecule has 1 atom stereocenters. The van der Waals surface area contributed by atoms with E-state index in [2.05, 4.69) is 0 Å². The van der Waals surface area contributed by atoms with Gasteiger partial charge in [-0.25, -0.2) is 0 Å². The summed E-state index contributed by atoms with van der Waals surface area (Å²) < 4.78 is 51.7. The lowest BCUT2D eigenvalue weighted by molar-refractivity contribution is -0.154. The third kappa shape index (κ3) is 4.84. The predicted molar refractivity (Wildman–Crippen MR) is 87.9 cm³/mol. The molecule has 3 rings (SSSR count). The van der Waals surface area contributed by atoms with Crippen LogP contribution in [0.4, 0.5) is 18.9 Å². The molecule has 1 aromatic rings. The van der Waals surface area contributed by atoms with Gasteiger partial charge in [0.05, 0.1) is 5.92 Å². The molecule has 1 aromatic carbocycles. The summed E-state index contributed by atoms with van der Waals surface area (Å²) in [6.45, 7) is -1.51. The number of benzene rings is 1. The first kappa shape index (κ1) is 19.8. The number of nitrogens with zero attached hydrogens (tertiary/aromatic N) is 1. The largest absolute Gasteiger partial charge is 0.486 e. The molecule has 0 aromatic heterocycles. The minimum atomic E-state index is -4.55. The Hall–Kier alpha value is -2.98. The van der Waals surface area contributed by atoms with E-state index in [1.807, 2.05) is 0 Å². The molecule has 2 heterocycles.